The summed E-state index contributed by atoms with van der Waals surface area (Å²) in [6.07, 6.45) is 0. The summed E-state index contributed by atoms with van der Waals surface area (Å²) in [4.78, 5) is 53.8. The van der Waals surface area contributed by atoms with Crippen LogP contribution >= 0.6 is 0 Å². The zero-order valence-electron chi connectivity index (χ0n) is 18.2. The van der Waals surface area contributed by atoms with Crippen molar-refractivity contribution in [1.82, 2.24) is 0 Å². The second-order valence-electron chi connectivity index (χ2n) is 6.05. The molecule has 0 bridgehead atoms. The number of aliphatic carboxylic acids is 1. The predicted octanol–water partition coefficient (Wildman–Crippen LogP) is 1.42. The first-order valence-electron chi connectivity index (χ1n) is 9.37. The highest BCUT2D eigenvalue weighted by molar-refractivity contribution is 5.91. The van der Waals surface area contributed by atoms with Crippen LogP contribution in [0.3, 0.4) is 0 Å². The average molecular weight is 478 g/mol. The summed E-state index contributed by atoms with van der Waals surface area (Å²) in [5.41, 5.74) is 0.381. The molecule has 0 unspecified atom stereocenters. The van der Waals surface area contributed by atoms with E-state index < -0.39 is 43.1 Å². The molecule has 12 nitrogen and oxygen atoms in total. The second-order valence-corrected chi connectivity index (χ2v) is 6.05. The topological polar surface area (TPSA) is 172 Å². The fraction of sp³-hybridized carbons (Fsp3) is 0.227. The van der Waals surface area contributed by atoms with Gasteiger partial charge in [-0.3, -0.25) is 0 Å². The number of ether oxygens (including phenoxy) is 5. The third kappa shape index (κ3) is 10.6. The SMILES string of the molecule is COC(=O)COC(=O)c1ccc(OCC(=O)OC)cc1.O=C(O)COc1ccc(C(=O)O)cc1. The first-order valence-corrected chi connectivity index (χ1v) is 9.37. The normalized spacial score (nSPS) is 9.47. The molecule has 0 heterocycles. The Morgan fingerprint density at radius 1 is 0.647 bits per heavy atom. The van der Waals surface area contributed by atoms with E-state index in [1.165, 1.54) is 62.8 Å². The zero-order chi connectivity index (χ0) is 25.5. The number of aromatic carboxylic acids is 1. The van der Waals surface area contributed by atoms with Crippen LogP contribution in [0, 0.1) is 0 Å². The lowest BCUT2D eigenvalue weighted by Gasteiger charge is -2.06. The minimum absolute atomic E-state index is 0.132. The van der Waals surface area contributed by atoms with Crippen molar-refractivity contribution >= 4 is 29.8 Å². The molecule has 0 aromatic heterocycles. The first-order chi connectivity index (χ1) is 16.2. The Kier molecular flexibility index (Phi) is 11.7. The molecule has 12 heteroatoms. The van der Waals surface area contributed by atoms with Crippen molar-refractivity contribution in [2.75, 3.05) is 34.0 Å². The van der Waals surface area contributed by atoms with Gasteiger partial charge < -0.3 is 33.9 Å². The van der Waals surface area contributed by atoms with E-state index in [1.54, 1.807) is 0 Å². The Labute approximate surface area is 193 Å². The average Bonchev–Trinajstić information content (AvgIpc) is 2.85. The molecule has 0 radical (unpaired) electrons. The van der Waals surface area contributed by atoms with Crippen LogP contribution in [0.1, 0.15) is 20.7 Å². The summed E-state index contributed by atoms with van der Waals surface area (Å²) in [6.45, 7) is -1.11. The van der Waals surface area contributed by atoms with Crippen LogP contribution in [-0.4, -0.2) is 74.1 Å². The molecule has 2 aromatic carbocycles. The monoisotopic (exact) mass is 478 g/mol. The lowest BCUT2D eigenvalue weighted by atomic mass is 10.2. The van der Waals surface area contributed by atoms with E-state index in [0.29, 0.717) is 11.5 Å². The van der Waals surface area contributed by atoms with Crippen molar-refractivity contribution in [3.63, 3.8) is 0 Å². The van der Waals surface area contributed by atoms with Crippen LogP contribution in [0.15, 0.2) is 48.5 Å². The van der Waals surface area contributed by atoms with E-state index in [9.17, 15) is 24.0 Å². The standard InChI is InChI=1S/C13H14O7.C9H8O5/c1-17-11(14)7-19-10-5-3-9(4-6-10)13(16)20-8-12(15)18-2;10-8(11)5-14-7-3-1-6(2-4-7)9(12)13/h3-6H,7-8H2,1-2H3;1-4H,5H2,(H,10,11)(H,12,13). The van der Waals surface area contributed by atoms with Crippen molar-refractivity contribution in [3.05, 3.63) is 59.7 Å². The lowest BCUT2D eigenvalue weighted by molar-refractivity contribution is -0.144. The van der Waals surface area contributed by atoms with Crippen LogP contribution in [0.25, 0.3) is 0 Å². The van der Waals surface area contributed by atoms with Crippen molar-refractivity contribution in [3.8, 4) is 11.5 Å². The van der Waals surface area contributed by atoms with E-state index in [1.807, 2.05) is 0 Å². The highest BCUT2D eigenvalue weighted by Gasteiger charge is 2.10. The molecule has 0 spiro atoms. The van der Waals surface area contributed by atoms with Crippen LogP contribution in [0.2, 0.25) is 0 Å². The number of methoxy groups -OCH3 is 2. The Hall–Kier alpha value is -4.61. The number of esters is 3. The van der Waals surface area contributed by atoms with Gasteiger partial charge in [0.05, 0.1) is 25.3 Å². The summed E-state index contributed by atoms with van der Waals surface area (Å²) in [5, 5.41) is 16.9. The van der Waals surface area contributed by atoms with Gasteiger partial charge in [0.1, 0.15) is 11.5 Å². The first kappa shape index (κ1) is 27.4. The number of benzene rings is 2. The highest BCUT2D eigenvalue weighted by atomic mass is 16.6. The molecule has 0 atom stereocenters. The molecule has 0 aliphatic carbocycles. The summed E-state index contributed by atoms with van der Waals surface area (Å²) < 4.78 is 23.4. The van der Waals surface area contributed by atoms with Crippen molar-refractivity contribution in [1.29, 1.82) is 0 Å². The number of hydrogen-bond donors (Lipinski definition) is 2. The van der Waals surface area contributed by atoms with Gasteiger partial charge in [0.2, 0.25) is 0 Å². The van der Waals surface area contributed by atoms with Gasteiger partial charge in [-0.15, -0.1) is 0 Å². The lowest BCUT2D eigenvalue weighted by Crippen LogP contribution is -2.15. The third-order valence-corrected chi connectivity index (χ3v) is 3.69. The van der Waals surface area contributed by atoms with Gasteiger partial charge in [0.25, 0.3) is 0 Å². The van der Waals surface area contributed by atoms with E-state index in [4.69, 9.17) is 24.4 Å². The Morgan fingerprint density at radius 2 is 1.09 bits per heavy atom. The van der Waals surface area contributed by atoms with Gasteiger partial charge in [-0.25, -0.2) is 24.0 Å². The second kappa shape index (κ2) is 14.5. The number of carboxylic acid groups (broad SMARTS) is 2. The maximum atomic E-state index is 11.5. The number of carbonyl (C=O) groups is 5. The molecule has 0 aliphatic heterocycles. The fourth-order valence-electron chi connectivity index (χ4n) is 1.99. The Balaban J connectivity index is 0.000000362. The maximum Gasteiger partial charge on any atom is 0.344 e. The highest BCUT2D eigenvalue weighted by Crippen LogP contribution is 2.13. The minimum atomic E-state index is -1.08. The van der Waals surface area contributed by atoms with E-state index in [0.717, 1.165) is 0 Å². The Morgan fingerprint density at radius 3 is 1.53 bits per heavy atom. The molecular weight excluding hydrogens is 456 g/mol. The molecule has 0 saturated carbocycles. The van der Waals surface area contributed by atoms with Crippen LogP contribution < -0.4 is 9.47 Å². The minimum Gasteiger partial charge on any atom is -0.482 e. The molecule has 0 aliphatic rings. The van der Waals surface area contributed by atoms with Crippen LogP contribution in [0.4, 0.5) is 0 Å². The van der Waals surface area contributed by atoms with E-state index in [2.05, 4.69) is 9.47 Å². The summed E-state index contributed by atoms with van der Waals surface area (Å²) in [7, 11) is 2.45. The molecule has 2 aromatic rings. The molecule has 34 heavy (non-hydrogen) atoms. The summed E-state index contributed by atoms with van der Waals surface area (Å²) in [6, 6.07) is 11.4. The van der Waals surface area contributed by atoms with Gasteiger partial charge >= 0.3 is 29.8 Å². The van der Waals surface area contributed by atoms with Gasteiger partial charge in [-0.05, 0) is 48.5 Å². The maximum absolute atomic E-state index is 11.5. The molecule has 2 N–H and O–H groups in total. The van der Waals surface area contributed by atoms with Crippen molar-refractivity contribution < 1.29 is 57.9 Å². The van der Waals surface area contributed by atoms with E-state index in [-0.39, 0.29) is 17.7 Å². The summed E-state index contributed by atoms with van der Waals surface area (Å²) >= 11 is 0. The van der Waals surface area contributed by atoms with Gasteiger partial charge in [0, 0.05) is 0 Å². The van der Waals surface area contributed by atoms with Gasteiger partial charge in [-0.2, -0.15) is 0 Å². The molecule has 2 rings (SSSR count). The quantitative estimate of drug-likeness (QED) is 0.372. The number of hydrogen-bond acceptors (Lipinski definition) is 10. The molecule has 0 saturated heterocycles. The number of carboxylic acids is 2. The van der Waals surface area contributed by atoms with Crippen molar-refractivity contribution in [2.45, 2.75) is 0 Å². The smallest absolute Gasteiger partial charge is 0.344 e. The Bertz CT molecular complexity index is 980. The zero-order valence-corrected chi connectivity index (χ0v) is 18.2. The van der Waals surface area contributed by atoms with Crippen LogP contribution in [-0.2, 0) is 28.6 Å². The molecule has 0 fully saturated rings. The van der Waals surface area contributed by atoms with Gasteiger partial charge in [0.15, 0.2) is 19.8 Å². The molecule has 0 amide bonds. The van der Waals surface area contributed by atoms with E-state index >= 15 is 0 Å². The molecule has 182 valence electrons. The number of carbonyl (C=O) groups excluding carboxylic acids is 3. The fourth-order valence-corrected chi connectivity index (χ4v) is 1.99. The van der Waals surface area contributed by atoms with Crippen molar-refractivity contribution in [2.24, 2.45) is 0 Å². The summed E-state index contributed by atoms with van der Waals surface area (Å²) in [5.74, 6) is -3.18. The number of rotatable bonds is 10. The largest absolute Gasteiger partial charge is 0.482 e. The third-order valence-electron chi connectivity index (χ3n) is 3.69. The molecular formula is C22H22O12. The predicted molar refractivity (Wildman–Crippen MR) is 113 cm³/mol. The van der Waals surface area contributed by atoms with Gasteiger partial charge in [-0.1, -0.05) is 0 Å². The van der Waals surface area contributed by atoms with Crippen LogP contribution in [0.5, 0.6) is 11.5 Å².